The van der Waals surface area contributed by atoms with Crippen molar-refractivity contribution in [1.29, 1.82) is 0 Å². The molecule has 0 aliphatic carbocycles. The van der Waals surface area contributed by atoms with Gasteiger partial charge in [0.15, 0.2) is 0 Å². The van der Waals surface area contributed by atoms with Gasteiger partial charge < -0.3 is 14.5 Å². The largest absolute Gasteiger partial charge is 0.407 e. The molecule has 1 heterocycles. The molecule has 0 radical (unpaired) electrons. The van der Waals surface area contributed by atoms with E-state index in [4.69, 9.17) is 20.8 Å². The number of methoxy groups -OCH3 is 1. The molecule has 0 bridgehead atoms. The molecule has 98 valence electrons. The summed E-state index contributed by atoms with van der Waals surface area (Å²) in [4.78, 5) is 0. The summed E-state index contributed by atoms with van der Waals surface area (Å²) < 4.78 is 10.4. The molecule has 17 heavy (non-hydrogen) atoms. The van der Waals surface area contributed by atoms with Crippen LogP contribution in [0.3, 0.4) is 0 Å². The van der Waals surface area contributed by atoms with Crippen molar-refractivity contribution in [3.63, 3.8) is 0 Å². The average Bonchev–Trinajstić information content (AvgIpc) is 2.73. The van der Waals surface area contributed by atoms with E-state index in [0.717, 1.165) is 19.6 Å². The van der Waals surface area contributed by atoms with Crippen molar-refractivity contribution in [3.05, 3.63) is 5.89 Å². The number of halogens is 1. The van der Waals surface area contributed by atoms with Crippen LogP contribution in [-0.2, 0) is 4.74 Å². The lowest BCUT2D eigenvalue weighted by Crippen LogP contribution is -2.24. The average molecular weight is 262 g/mol. The summed E-state index contributed by atoms with van der Waals surface area (Å²) in [6.07, 6.45) is 0.962. The number of rotatable bonds is 7. The first kappa shape index (κ1) is 14.3. The van der Waals surface area contributed by atoms with Crippen LogP contribution in [-0.4, -0.2) is 30.5 Å². The third-order valence-corrected chi connectivity index (χ3v) is 2.67. The second-order valence-corrected chi connectivity index (χ2v) is 5.48. The van der Waals surface area contributed by atoms with Gasteiger partial charge in [0, 0.05) is 20.3 Å². The van der Waals surface area contributed by atoms with Crippen LogP contribution >= 0.6 is 11.6 Å². The molecular formula is C11H20ClN3O2. The number of ether oxygens (including phenoxy) is 1. The van der Waals surface area contributed by atoms with Crippen molar-refractivity contribution >= 4 is 17.6 Å². The maximum Gasteiger partial charge on any atom is 0.315 e. The zero-order chi connectivity index (χ0) is 12.9. The Hall–Kier alpha value is -0.810. The quantitative estimate of drug-likeness (QED) is 0.765. The van der Waals surface area contributed by atoms with Crippen molar-refractivity contribution in [2.45, 2.75) is 32.6 Å². The van der Waals surface area contributed by atoms with Gasteiger partial charge in [0.2, 0.25) is 5.89 Å². The van der Waals surface area contributed by atoms with E-state index in [-0.39, 0.29) is 10.8 Å². The van der Waals surface area contributed by atoms with Crippen LogP contribution in [0, 0.1) is 5.41 Å². The standard InChI is InChI=1S/C11H20ClN3O2/c1-8(12)9-14-15-10(17-9)13-7-11(2,3)5-6-16-4/h8H,5-7H2,1-4H3,(H,13,15). The molecule has 1 aromatic rings. The highest BCUT2D eigenvalue weighted by molar-refractivity contribution is 6.20. The Kier molecular flexibility index (Phi) is 5.21. The highest BCUT2D eigenvalue weighted by atomic mass is 35.5. The van der Waals surface area contributed by atoms with Crippen LogP contribution in [0.15, 0.2) is 4.42 Å². The molecule has 1 atom stereocenters. The Morgan fingerprint density at radius 2 is 2.18 bits per heavy atom. The monoisotopic (exact) mass is 261 g/mol. The molecule has 6 heteroatoms. The van der Waals surface area contributed by atoms with E-state index in [1.54, 1.807) is 14.0 Å². The van der Waals surface area contributed by atoms with Crippen LogP contribution in [0.5, 0.6) is 0 Å². The Morgan fingerprint density at radius 1 is 1.47 bits per heavy atom. The molecule has 0 amide bonds. The third-order valence-electron chi connectivity index (χ3n) is 2.48. The molecular weight excluding hydrogens is 242 g/mol. The maximum atomic E-state index is 5.83. The zero-order valence-corrected chi connectivity index (χ0v) is 11.5. The summed E-state index contributed by atoms with van der Waals surface area (Å²) >= 11 is 5.83. The van der Waals surface area contributed by atoms with Gasteiger partial charge in [0.25, 0.3) is 0 Å². The Morgan fingerprint density at radius 3 is 2.71 bits per heavy atom. The SMILES string of the molecule is COCCC(C)(C)CNc1nnc(C(C)Cl)o1. The number of nitrogens with zero attached hydrogens (tertiary/aromatic N) is 2. The van der Waals surface area contributed by atoms with E-state index < -0.39 is 0 Å². The minimum Gasteiger partial charge on any atom is -0.407 e. The molecule has 0 saturated heterocycles. The number of hydrogen-bond donors (Lipinski definition) is 1. The third kappa shape index (κ3) is 4.91. The van der Waals surface area contributed by atoms with Crippen molar-refractivity contribution in [2.75, 3.05) is 25.6 Å². The molecule has 1 unspecified atom stereocenters. The number of anilines is 1. The van der Waals surface area contributed by atoms with Gasteiger partial charge in [0.1, 0.15) is 5.38 Å². The molecule has 0 spiro atoms. The molecule has 1 rings (SSSR count). The maximum absolute atomic E-state index is 5.83. The molecule has 0 saturated carbocycles. The second-order valence-electron chi connectivity index (χ2n) is 4.82. The predicted molar refractivity (Wildman–Crippen MR) is 67.3 cm³/mol. The molecule has 0 aliphatic heterocycles. The topological polar surface area (TPSA) is 60.2 Å². The molecule has 0 aliphatic rings. The van der Waals surface area contributed by atoms with Gasteiger partial charge in [-0.15, -0.1) is 16.7 Å². The summed E-state index contributed by atoms with van der Waals surface area (Å²) in [5.41, 5.74) is 0.108. The first-order valence-corrected chi connectivity index (χ1v) is 6.08. The Labute approximate surface area is 107 Å². The van der Waals surface area contributed by atoms with Crippen LogP contribution in [0.1, 0.15) is 38.5 Å². The molecule has 0 aromatic carbocycles. The number of nitrogens with one attached hydrogen (secondary N) is 1. The van der Waals surface area contributed by atoms with Crippen LogP contribution in [0.2, 0.25) is 0 Å². The fourth-order valence-corrected chi connectivity index (χ4v) is 1.34. The normalized spacial score (nSPS) is 13.7. The predicted octanol–water partition coefficient (Wildman–Crippen LogP) is 2.84. The van der Waals surface area contributed by atoms with Crippen LogP contribution < -0.4 is 5.32 Å². The van der Waals surface area contributed by atoms with E-state index in [1.165, 1.54) is 0 Å². The molecule has 0 fully saturated rings. The fourth-order valence-electron chi connectivity index (χ4n) is 1.25. The summed E-state index contributed by atoms with van der Waals surface area (Å²) in [7, 11) is 1.70. The lowest BCUT2D eigenvalue weighted by molar-refractivity contribution is 0.156. The highest BCUT2D eigenvalue weighted by Gasteiger charge is 2.19. The summed E-state index contributed by atoms with van der Waals surface area (Å²) in [6, 6.07) is 0.415. The molecule has 1 N–H and O–H groups in total. The lowest BCUT2D eigenvalue weighted by atomic mass is 9.90. The van der Waals surface area contributed by atoms with E-state index in [2.05, 4.69) is 29.4 Å². The van der Waals surface area contributed by atoms with Crippen molar-refractivity contribution in [2.24, 2.45) is 5.41 Å². The fraction of sp³-hybridized carbons (Fsp3) is 0.818. The van der Waals surface area contributed by atoms with E-state index in [1.807, 2.05) is 0 Å². The van der Waals surface area contributed by atoms with Crippen LogP contribution in [0.25, 0.3) is 0 Å². The van der Waals surface area contributed by atoms with Crippen LogP contribution in [0.4, 0.5) is 6.01 Å². The summed E-state index contributed by atoms with van der Waals surface area (Å²) in [6.45, 7) is 7.58. The van der Waals surface area contributed by atoms with Gasteiger partial charge >= 0.3 is 6.01 Å². The zero-order valence-electron chi connectivity index (χ0n) is 10.8. The van der Waals surface area contributed by atoms with Gasteiger partial charge in [-0.2, -0.15) is 0 Å². The summed E-state index contributed by atoms with van der Waals surface area (Å²) in [5, 5.41) is 10.6. The van der Waals surface area contributed by atoms with Gasteiger partial charge in [-0.1, -0.05) is 18.9 Å². The second kappa shape index (κ2) is 6.21. The van der Waals surface area contributed by atoms with Gasteiger partial charge in [-0.3, -0.25) is 0 Å². The highest BCUT2D eigenvalue weighted by Crippen LogP contribution is 2.23. The summed E-state index contributed by atoms with van der Waals surface area (Å²) in [5.74, 6) is 0.434. The number of aromatic nitrogens is 2. The van der Waals surface area contributed by atoms with E-state index >= 15 is 0 Å². The minimum atomic E-state index is -0.264. The smallest absolute Gasteiger partial charge is 0.315 e. The first-order valence-electron chi connectivity index (χ1n) is 5.65. The first-order chi connectivity index (χ1) is 7.94. The molecule has 1 aromatic heterocycles. The molecule has 5 nitrogen and oxygen atoms in total. The van der Waals surface area contributed by atoms with Crippen molar-refractivity contribution < 1.29 is 9.15 Å². The Bertz CT molecular complexity index is 339. The van der Waals surface area contributed by atoms with Crippen molar-refractivity contribution in [3.8, 4) is 0 Å². The van der Waals surface area contributed by atoms with Gasteiger partial charge in [-0.25, -0.2) is 0 Å². The number of alkyl halides is 1. The van der Waals surface area contributed by atoms with E-state index in [9.17, 15) is 0 Å². The minimum absolute atomic E-state index is 0.108. The van der Waals surface area contributed by atoms with Crippen molar-refractivity contribution in [1.82, 2.24) is 10.2 Å². The number of hydrogen-bond acceptors (Lipinski definition) is 5. The lowest BCUT2D eigenvalue weighted by Gasteiger charge is -2.23. The van der Waals surface area contributed by atoms with Gasteiger partial charge in [-0.05, 0) is 18.8 Å². The van der Waals surface area contributed by atoms with Gasteiger partial charge in [0.05, 0.1) is 0 Å². The Balaban J connectivity index is 2.43. The van der Waals surface area contributed by atoms with E-state index in [0.29, 0.717) is 11.9 Å².